The van der Waals surface area contributed by atoms with Crippen LogP contribution in [0.3, 0.4) is 0 Å². The van der Waals surface area contributed by atoms with Crippen molar-refractivity contribution in [2.24, 2.45) is 0 Å². The summed E-state index contributed by atoms with van der Waals surface area (Å²) < 4.78 is 2.00. The minimum atomic E-state index is 0.189. The molecule has 2 atom stereocenters. The molecule has 2 fully saturated rings. The van der Waals surface area contributed by atoms with Crippen LogP contribution in [0.4, 0.5) is 0 Å². The molecule has 2 aromatic rings. The Morgan fingerprint density at radius 3 is 2.82 bits per heavy atom. The minimum Gasteiger partial charge on any atom is -0.354 e. The highest BCUT2D eigenvalue weighted by Crippen LogP contribution is 2.30. The van der Waals surface area contributed by atoms with E-state index in [4.69, 9.17) is 0 Å². The number of para-hydroxylation sites is 1. The summed E-state index contributed by atoms with van der Waals surface area (Å²) in [4.78, 5) is 14.2. The third kappa shape index (κ3) is 2.41. The number of hydrogen-bond donors (Lipinski definition) is 1. The maximum atomic E-state index is 11.8. The maximum Gasteiger partial charge on any atom is 0.221 e. The molecule has 1 amide bonds. The fraction of sp³-hybridized carbons (Fsp3) is 0.412. The molecule has 0 unspecified atom stereocenters. The van der Waals surface area contributed by atoms with Crippen LogP contribution in [0, 0.1) is 0 Å². The molecule has 2 aliphatic rings. The monoisotopic (exact) mass is 296 g/mol. The third-order valence-electron chi connectivity index (χ3n) is 4.79. The zero-order valence-corrected chi connectivity index (χ0v) is 12.5. The van der Waals surface area contributed by atoms with Gasteiger partial charge in [-0.05, 0) is 31.0 Å². The summed E-state index contributed by atoms with van der Waals surface area (Å²) >= 11 is 0. The number of amides is 1. The van der Waals surface area contributed by atoms with Gasteiger partial charge in [0.2, 0.25) is 5.91 Å². The molecule has 114 valence electrons. The van der Waals surface area contributed by atoms with E-state index in [0.29, 0.717) is 18.5 Å². The van der Waals surface area contributed by atoms with Crippen molar-refractivity contribution in [3.05, 3.63) is 48.3 Å². The SMILES string of the molecule is O=C1C[C@@H]2CC[C@H](CN1)N2Cc1ccnn1-c1ccccc1. The van der Waals surface area contributed by atoms with Crippen molar-refractivity contribution in [3.63, 3.8) is 0 Å². The molecule has 22 heavy (non-hydrogen) atoms. The Morgan fingerprint density at radius 1 is 1.14 bits per heavy atom. The lowest BCUT2D eigenvalue weighted by molar-refractivity contribution is -0.121. The molecule has 2 bridgehead atoms. The Hall–Kier alpha value is -2.14. The van der Waals surface area contributed by atoms with Gasteiger partial charge in [0.15, 0.2) is 0 Å². The molecule has 5 nitrogen and oxygen atoms in total. The highest BCUT2D eigenvalue weighted by molar-refractivity contribution is 5.77. The standard InChI is InChI=1S/C17H20N4O/c22-17-10-14-6-7-15(11-18-17)20(14)12-16-8-9-19-21(16)13-4-2-1-3-5-13/h1-5,8-9,14-15H,6-7,10-12H2,(H,18,22)/t14-,15+/m0/s1. The van der Waals surface area contributed by atoms with Gasteiger partial charge < -0.3 is 5.32 Å². The average molecular weight is 296 g/mol. The second-order valence-corrected chi connectivity index (χ2v) is 6.14. The summed E-state index contributed by atoms with van der Waals surface area (Å²) in [5.74, 6) is 0.189. The first-order chi connectivity index (χ1) is 10.8. The number of rotatable bonds is 3. The smallest absolute Gasteiger partial charge is 0.221 e. The van der Waals surface area contributed by atoms with Crippen molar-refractivity contribution < 1.29 is 4.79 Å². The molecule has 1 aromatic heterocycles. The molecular formula is C17H20N4O. The average Bonchev–Trinajstić information content (AvgIpc) is 3.10. The van der Waals surface area contributed by atoms with E-state index in [0.717, 1.165) is 25.2 Å². The van der Waals surface area contributed by atoms with E-state index in [1.165, 1.54) is 12.1 Å². The van der Waals surface area contributed by atoms with Crippen molar-refractivity contribution in [1.29, 1.82) is 0 Å². The van der Waals surface area contributed by atoms with Gasteiger partial charge in [-0.1, -0.05) is 18.2 Å². The Labute approximate surface area is 129 Å². The highest BCUT2D eigenvalue weighted by Gasteiger charge is 2.37. The van der Waals surface area contributed by atoms with E-state index < -0.39 is 0 Å². The molecule has 1 aromatic carbocycles. The van der Waals surface area contributed by atoms with Crippen LogP contribution in [0.2, 0.25) is 0 Å². The van der Waals surface area contributed by atoms with Gasteiger partial charge in [0.05, 0.1) is 11.4 Å². The van der Waals surface area contributed by atoms with Crippen LogP contribution in [0.1, 0.15) is 25.0 Å². The van der Waals surface area contributed by atoms with Gasteiger partial charge in [0.1, 0.15) is 0 Å². The zero-order valence-electron chi connectivity index (χ0n) is 12.5. The number of aromatic nitrogens is 2. The van der Waals surface area contributed by atoms with Gasteiger partial charge in [-0.15, -0.1) is 0 Å². The molecule has 1 N–H and O–H groups in total. The van der Waals surface area contributed by atoms with Crippen LogP contribution < -0.4 is 5.32 Å². The van der Waals surface area contributed by atoms with E-state index in [9.17, 15) is 4.79 Å². The molecule has 3 heterocycles. The van der Waals surface area contributed by atoms with E-state index in [1.54, 1.807) is 0 Å². The zero-order chi connectivity index (χ0) is 14.9. The number of carbonyl (C=O) groups excluding carboxylic acids is 1. The fourth-order valence-electron chi connectivity index (χ4n) is 3.67. The number of fused-ring (bicyclic) bond motifs is 2. The molecule has 0 saturated carbocycles. The van der Waals surface area contributed by atoms with Gasteiger partial charge in [-0.2, -0.15) is 5.10 Å². The van der Waals surface area contributed by atoms with Crippen LogP contribution in [0.15, 0.2) is 42.6 Å². The van der Waals surface area contributed by atoms with E-state index >= 15 is 0 Å². The van der Waals surface area contributed by atoms with Gasteiger partial charge in [0, 0.05) is 37.8 Å². The van der Waals surface area contributed by atoms with Crippen molar-refractivity contribution in [3.8, 4) is 5.69 Å². The molecular weight excluding hydrogens is 276 g/mol. The highest BCUT2D eigenvalue weighted by atomic mass is 16.1. The predicted octanol–water partition coefficient (Wildman–Crippen LogP) is 1.73. The topological polar surface area (TPSA) is 50.2 Å². The lowest BCUT2D eigenvalue weighted by atomic mass is 10.1. The Balaban J connectivity index is 1.60. The molecule has 4 rings (SSSR count). The molecule has 2 aliphatic heterocycles. The Kier molecular flexibility index (Phi) is 3.42. The lowest BCUT2D eigenvalue weighted by Crippen LogP contribution is -2.38. The lowest BCUT2D eigenvalue weighted by Gasteiger charge is -2.27. The second-order valence-electron chi connectivity index (χ2n) is 6.14. The number of benzene rings is 1. The quantitative estimate of drug-likeness (QED) is 0.938. The summed E-state index contributed by atoms with van der Waals surface area (Å²) in [6.45, 7) is 1.62. The first-order valence-electron chi connectivity index (χ1n) is 7.92. The molecule has 0 aliphatic carbocycles. The number of nitrogens with zero attached hydrogens (tertiary/aromatic N) is 3. The molecule has 0 spiro atoms. The first kappa shape index (κ1) is 13.5. The Morgan fingerprint density at radius 2 is 1.95 bits per heavy atom. The Bertz CT molecular complexity index is 666. The largest absolute Gasteiger partial charge is 0.354 e. The van der Waals surface area contributed by atoms with Crippen LogP contribution in [-0.4, -0.2) is 39.2 Å². The van der Waals surface area contributed by atoms with E-state index in [1.807, 2.05) is 29.1 Å². The maximum absolute atomic E-state index is 11.8. The van der Waals surface area contributed by atoms with Crippen molar-refractivity contribution >= 4 is 5.91 Å². The van der Waals surface area contributed by atoms with Gasteiger partial charge in [-0.3, -0.25) is 9.69 Å². The van der Waals surface area contributed by atoms with E-state index in [-0.39, 0.29) is 5.91 Å². The summed E-state index contributed by atoms with van der Waals surface area (Å²) in [6, 6.07) is 13.1. The summed E-state index contributed by atoms with van der Waals surface area (Å²) in [5.41, 5.74) is 2.26. The van der Waals surface area contributed by atoms with Crippen LogP contribution in [0.25, 0.3) is 5.69 Å². The minimum absolute atomic E-state index is 0.189. The van der Waals surface area contributed by atoms with Crippen molar-refractivity contribution in [2.75, 3.05) is 6.54 Å². The third-order valence-corrected chi connectivity index (χ3v) is 4.79. The first-order valence-corrected chi connectivity index (χ1v) is 7.92. The van der Waals surface area contributed by atoms with Gasteiger partial charge in [0.25, 0.3) is 0 Å². The van der Waals surface area contributed by atoms with E-state index in [2.05, 4.69) is 33.5 Å². The van der Waals surface area contributed by atoms with Crippen LogP contribution in [-0.2, 0) is 11.3 Å². The summed E-state index contributed by atoms with van der Waals surface area (Å²) in [6.07, 6.45) is 4.77. The van der Waals surface area contributed by atoms with Crippen molar-refractivity contribution in [1.82, 2.24) is 20.0 Å². The summed E-state index contributed by atoms with van der Waals surface area (Å²) in [5, 5.41) is 7.50. The predicted molar refractivity (Wildman–Crippen MR) is 83.5 cm³/mol. The van der Waals surface area contributed by atoms with Gasteiger partial charge >= 0.3 is 0 Å². The molecule has 2 saturated heterocycles. The number of nitrogens with one attached hydrogen (secondary N) is 1. The molecule has 5 heteroatoms. The fourth-order valence-corrected chi connectivity index (χ4v) is 3.67. The summed E-state index contributed by atoms with van der Waals surface area (Å²) in [7, 11) is 0. The molecule has 0 radical (unpaired) electrons. The van der Waals surface area contributed by atoms with Crippen LogP contribution >= 0.6 is 0 Å². The van der Waals surface area contributed by atoms with Crippen molar-refractivity contribution in [2.45, 2.75) is 37.9 Å². The van der Waals surface area contributed by atoms with Crippen LogP contribution in [0.5, 0.6) is 0 Å². The number of hydrogen-bond acceptors (Lipinski definition) is 3. The number of carbonyl (C=O) groups is 1. The normalized spacial score (nSPS) is 25.0. The van der Waals surface area contributed by atoms with Gasteiger partial charge in [-0.25, -0.2) is 4.68 Å². The second kappa shape index (κ2) is 5.57.